The molecule has 2 aliphatic rings. The van der Waals surface area contributed by atoms with Crippen molar-refractivity contribution in [2.24, 2.45) is 7.05 Å². The number of carbonyl (C=O) groups excluding carboxylic acids is 1. The number of nitrogens with one attached hydrogen (secondary N) is 1. The summed E-state index contributed by atoms with van der Waals surface area (Å²) < 4.78 is 13.8. The van der Waals surface area contributed by atoms with Crippen LogP contribution < -0.4 is 15.9 Å². The molecule has 1 amide bonds. The number of morpholine rings is 1. The van der Waals surface area contributed by atoms with Crippen molar-refractivity contribution in [2.75, 3.05) is 38.3 Å². The lowest BCUT2D eigenvalue weighted by Gasteiger charge is -2.49. The Morgan fingerprint density at radius 3 is 3.07 bits per heavy atom. The highest BCUT2D eigenvalue weighted by Crippen LogP contribution is 2.36. The molecule has 0 radical (unpaired) electrons. The predicted molar refractivity (Wildman–Crippen MR) is 101 cm³/mol. The maximum Gasteiger partial charge on any atom is 0.366 e. The molecular formula is C18H26N6O4. The van der Waals surface area contributed by atoms with Crippen LogP contribution in [0.1, 0.15) is 25.7 Å². The van der Waals surface area contributed by atoms with E-state index in [0.717, 1.165) is 25.7 Å². The average molecular weight is 390 g/mol. The normalized spacial score (nSPS) is 25.4. The Balaban J connectivity index is 1.59. The van der Waals surface area contributed by atoms with Gasteiger partial charge in [0.15, 0.2) is 5.65 Å². The number of aromatic nitrogens is 4. The van der Waals surface area contributed by atoms with E-state index in [1.807, 2.05) is 6.07 Å². The Morgan fingerprint density at radius 2 is 2.25 bits per heavy atom. The number of hydrogen-bond donors (Lipinski definition) is 1. The lowest BCUT2D eigenvalue weighted by Crippen LogP contribution is -2.64. The molecule has 1 spiro atoms. The number of aryl methyl sites for hydroxylation is 1. The van der Waals surface area contributed by atoms with Crippen molar-refractivity contribution in [1.82, 2.24) is 24.7 Å². The number of methoxy groups -OCH3 is 1. The highest BCUT2D eigenvalue weighted by atomic mass is 16.5. The number of amides is 1. The summed E-state index contributed by atoms with van der Waals surface area (Å²) in [5.41, 5.74) is -0.222. The molecular weight excluding hydrogens is 364 g/mol. The first-order valence-corrected chi connectivity index (χ1v) is 9.63. The van der Waals surface area contributed by atoms with Gasteiger partial charge in [0, 0.05) is 20.7 Å². The van der Waals surface area contributed by atoms with E-state index in [1.165, 1.54) is 16.3 Å². The summed E-state index contributed by atoms with van der Waals surface area (Å²) in [5.74, 6) is 0.578. The molecule has 2 atom stereocenters. The molecule has 2 aromatic heterocycles. The molecule has 3 heterocycles. The lowest BCUT2D eigenvalue weighted by atomic mass is 9.78. The van der Waals surface area contributed by atoms with Crippen LogP contribution >= 0.6 is 0 Å². The van der Waals surface area contributed by atoms with Crippen LogP contribution in [0.25, 0.3) is 5.65 Å². The molecule has 10 heteroatoms. The fraction of sp³-hybridized carbons (Fsp3) is 0.667. The topological polar surface area (TPSA) is 103 Å². The van der Waals surface area contributed by atoms with Crippen LogP contribution in [0.3, 0.4) is 0 Å². The van der Waals surface area contributed by atoms with Crippen LogP contribution in [0.4, 0.5) is 5.82 Å². The van der Waals surface area contributed by atoms with Crippen LogP contribution in [-0.4, -0.2) is 70.4 Å². The minimum absolute atomic E-state index is 0.0401. The molecule has 2 fully saturated rings. The summed E-state index contributed by atoms with van der Waals surface area (Å²) in [6, 6.07) is 3.60. The van der Waals surface area contributed by atoms with Crippen LogP contribution in [0.5, 0.6) is 0 Å². The smallest absolute Gasteiger partial charge is 0.366 e. The number of hydrogen-bond acceptors (Lipinski definition) is 7. The zero-order valence-electron chi connectivity index (χ0n) is 16.3. The van der Waals surface area contributed by atoms with Crippen molar-refractivity contribution < 1.29 is 14.3 Å². The Hall–Kier alpha value is -2.46. The van der Waals surface area contributed by atoms with E-state index in [-0.39, 0.29) is 24.2 Å². The standard InChI is InChI=1S/C18H26N6O4/c1-22-17(26)24-15(20-22)7-6-14(21-24)23-9-10-28-18(12-23)8-4-3-5-13(18)19-16(25)11-27-2/h6-7,13H,3-5,8-12H2,1-2H3,(H,19,25)/t13-,18+/m1/s1. The first kappa shape index (κ1) is 18.9. The van der Waals surface area contributed by atoms with Gasteiger partial charge in [-0.1, -0.05) is 12.8 Å². The third-order valence-electron chi connectivity index (χ3n) is 5.63. The van der Waals surface area contributed by atoms with Gasteiger partial charge in [-0.15, -0.1) is 10.2 Å². The summed E-state index contributed by atoms with van der Waals surface area (Å²) in [7, 11) is 3.12. The molecule has 1 saturated carbocycles. The fourth-order valence-corrected chi connectivity index (χ4v) is 4.27. The van der Waals surface area contributed by atoms with E-state index >= 15 is 0 Å². The van der Waals surface area contributed by atoms with Crippen molar-refractivity contribution >= 4 is 17.4 Å². The second-order valence-corrected chi connectivity index (χ2v) is 7.50. The van der Waals surface area contributed by atoms with Gasteiger partial charge in [0.2, 0.25) is 5.91 Å². The Labute approximate surface area is 162 Å². The van der Waals surface area contributed by atoms with Gasteiger partial charge in [-0.25, -0.2) is 9.48 Å². The molecule has 0 bridgehead atoms. The van der Waals surface area contributed by atoms with Gasteiger partial charge >= 0.3 is 5.69 Å². The van der Waals surface area contributed by atoms with Gasteiger partial charge in [0.05, 0.1) is 19.2 Å². The number of fused-ring (bicyclic) bond motifs is 1. The highest BCUT2D eigenvalue weighted by Gasteiger charge is 2.46. The molecule has 0 unspecified atom stereocenters. The molecule has 4 rings (SSSR count). The molecule has 1 aliphatic carbocycles. The predicted octanol–water partition coefficient (Wildman–Crippen LogP) is -0.291. The van der Waals surface area contributed by atoms with Crippen LogP contribution in [-0.2, 0) is 21.3 Å². The van der Waals surface area contributed by atoms with E-state index in [4.69, 9.17) is 9.47 Å². The molecule has 28 heavy (non-hydrogen) atoms. The fourth-order valence-electron chi connectivity index (χ4n) is 4.27. The third-order valence-corrected chi connectivity index (χ3v) is 5.63. The zero-order chi connectivity index (χ0) is 19.7. The Bertz CT molecular complexity index is 920. The van der Waals surface area contributed by atoms with Crippen molar-refractivity contribution in [1.29, 1.82) is 0 Å². The maximum atomic E-state index is 12.2. The van der Waals surface area contributed by atoms with Gasteiger partial charge in [-0.2, -0.15) is 4.52 Å². The molecule has 2 aromatic rings. The summed E-state index contributed by atoms with van der Waals surface area (Å²) >= 11 is 0. The minimum Gasteiger partial charge on any atom is -0.375 e. The maximum absolute atomic E-state index is 12.2. The van der Waals surface area contributed by atoms with Crippen LogP contribution in [0, 0.1) is 0 Å². The van der Waals surface area contributed by atoms with E-state index in [9.17, 15) is 9.59 Å². The first-order chi connectivity index (χ1) is 13.5. The number of anilines is 1. The van der Waals surface area contributed by atoms with Crippen LogP contribution in [0.2, 0.25) is 0 Å². The van der Waals surface area contributed by atoms with Gasteiger partial charge in [-0.3, -0.25) is 4.79 Å². The van der Waals surface area contributed by atoms with Gasteiger partial charge < -0.3 is 19.7 Å². The van der Waals surface area contributed by atoms with Crippen molar-refractivity contribution in [3.05, 3.63) is 22.6 Å². The van der Waals surface area contributed by atoms with Crippen molar-refractivity contribution in [3.8, 4) is 0 Å². The molecule has 0 aromatic carbocycles. The zero-order valence-corrected chi connectivity index (χ0v) is 16.3. The summed E-state index contributed by atoms with van der Waals surface area (Å²) in [4.78, 5) is 26.4. The van der Waals surface area contributed by atoms with E-state index in [1.54, 1.807) is 13.1 Å². The minimum atomic E-state index is -0.462. The van der Waals surface area contributed by atoms with Crippen LogP contribution in [0.15, 0.2) is 16.9 Å². The molecule has 152 valence electrons. The van der Waals surface area contributed by atoms with E-state index in [2.05, 4.69) is 20.4 Å². The molecule has 1 N–H and O–H groups in total. The van der Waals surface area contributed by atoms with Crippen molar-refractivity contribution in [3.63, 3.8) is 0 Å². The van der Waals surface area contributed by atoms with Gasteiger partial charge in [0.25, 0.3) is 0 Å². The van der Waals surface area contributed by atoms with Crippen molar-refractivity contribution in [2.45, 2.75) is 37.3 Å². The summed E-state index contributed by atoms with van der Waals surface area (Å²) in [6.45, 7) is 1.86. The van der Waals surface area contributed by atoms with E-state index < -0.39 is 5.60 Å². The largest absolute Gasteiger partial charge is 0.375 e. The van der Waals surface area contributed by atoms with E-state index in [0.29, 0.717) is 31.2 Å². The molecule has 1 aliphatic heterocycles. The second kappa shape index (κ2) is 7.51. The monoisotopic (exact) mass is 390 g/mol. The average Bonchev–Trinajstić information content (AvgIpc) is 2.98. The highest BCUT2D eigenvalue weighted by molar-refractivity contribution is 5.77. The Kier molecular flexibility index (Phi) is 5.07. The number of rotatable bonds is 4. The second-order valence-electron chi connectivity index (χ2n) is 7.50. The summed E-state index contributed by atoms with van der Waals surface area (Å²) in [6.07, 6.45) is 3.85. The number of nitrogens with zero attached hydrogens (tertiary/aromatic N) is 5. The van der Waals surface area contributed by atoms with Gasteiger partial charge in [-0.05, 0) is 25.0 Å². The number of carbonyl (C=O) groups is 1. The summed E-state index contributed by atoms with van der Waals surface area (Å²) in [5, 5.41) is 11.7. The SMILES string of the molecule is COCC(=O)N[C@@H]1CCCC[C@]12CN(c1ccc3nn(C)c(=O)n3n1)CCO2. The van der Waals surface area contributed by atoms with Gasteiger partial charge in [0.1, 0.15) is 18.0 Å². The molecule has 1 saturated heterocycles. The Morgan fingerprint density at radius 1 is 1.39 bits per heavy atom. The first-order valence-electron chi connectivity index (χ1n) is 9.63. The number of ether oxygens (including phenoxy) is 2. The third kappa shape index (κ3) is 3.37. The lowest BCUT2D eigenvalue weighted by molar-refractivity contribution is -0.134. The quantitative estimate of drug-likeness (QED) is 0.765. The molecule has 10 nitrogen and oxygen atoms in total.